The van der Waals surface area contributed by atoms with Gasteiger partial charge in [0.15, 0.2) is 0 Å². The number of thiophene rings is 1. The predicted octanol–water partition coefficient (Wildman–Crippen LogP) is 4.52. The highest BCUT2D eigenvalue weighted by Gasteiger charge is 2.36. The van der Waals surface area contributed by atoms with Crippen molar-refractivity contribution in [3.8, 4) is 17.3 Å². The highest BCUT2D eigenvalue weighted by molar-refractivity contribution is 7.09. The molecule has 25 heavy (non-hydrogen) atoms. The molecule has 0 amide bonds. The molecule has 0 aliphatic rings. The first-order valence-electron chi connectivity index (χ1n) is 7.24. The molecule has 0 fully saturated rings. The molecule has 7 heteroatoms. The summed E-state index contributed by atoms with van der Waals surface area (Å²) in [5.41, 5.74) is -2.42. The van der Waals surface area contributed by atoms with Gasteiger partial charge in [-0.15, -0.1) is 11.3 Å². The molecule has 3 aromatic rings. The van der Waals surface area contributed by atoms with Crippen LogP contribution in [-0.4, -0.2) is 4.57 Å². The number of benzene rings is 1. The third kappa shape index (κ3) is 3.35. The van der Waals surface area contributed by atoms with Crippen molar-refractivity contribution >= 4 is 11.3 Å². The van der Waals surface area contributed by atoms with Crippen molar-refractivity contribution < 1.29 is 13.2 Å². The van der Waals surface area contributed by atoms with E-state index in [0.29, 0.717) is 5.56 Å². The molecular weight excluding hydrogens is 349 g/mol. The van der Waals surface area contributed by atoms with Gasteiger partial charge in [0.2, 0.25) is 0 Å². The van der Waals surface area contributed by atoms with Crippen molar-refractivity contribution in [2.24, 2.45) is 0 Å². The molecule has 2 aromatic heterocycles. The summed E-state index contributed by atoms with van der Waals surface area (Å²) < 4.78 is 41.2. The summed E-state index contributed by atoms with van der Waals surface area (Å²) >= 11 is 1.39. The van der Waals surface area contributed by atoms with Crippen LogP contribution in [0.5, 0.6) is 0 Å². The third-order valence-electron chi connectivity index (χ3n) is 3.68. The minimum absolute atomic E-state index is 0.105. The van der Waals surface area contributed by atoms with Gasteiger partial charge in [0.25, 0.3) is 5.56 Å². The molecule has 0 saturated carbocycles. The fraction of sp³-hybridized carbons (Fsp3) is 0.111. The monoisotopic (exact) mass is 360 g/mol. The van der Waals surface area contributed by atoms with E-state index in [1.54, 1.807) is 42.5 Å². The Balaban J connectivity index is 2.32. The van der Waals surface area contributed by atoms with Crippen LogP contribution in [0.1, 0.15) is 16.0 Å². The molecular formula is C18H11F3N2OS. The number of halogens is 3. The van der Waals surface area contributed by atoms with E-state index in [1.807, 2.05) is 5.38 Å². The van der Waals surface area contributed by atoms with E-state index in [4.69, 9.17) is 5.26 Å². The summed E-state index contributed by atoms with van der Waals surface area (Å²) in [6, 6.07) is 14.2. The molecule has 0 atom stereocenters. The first-order valence-corrected chi connectivity index (χ1v) is 8.12. The van der Waals surface area contributed by atoms with Crippen molar-refractivity contribution in [3.05, 3.63) is 80.3 Å². The Kier molecular flexibility index (Phi) is 4.47. The Labute approximate surface area is 145 Å². The average molecular weight is 360 g/mol. The van der Waals surface area contributed by atoms with Crippen LogP contribution in [-0.2, 0) is 12.7 Å². The SMILES string of the molecule is N#Cc1c(C(F)(F)F)cc(-c2ccccc2)n(Cc2cccs2)c1=O. The first-order chi connectivity index (χ1) is 11.9. The number of hydrogen-bond acceptors (Lipinski definition) is 3. The first kappa shape index (κ1) is 17.0. The van der Waals surface area contributed by atoms with Crippen LogP contribution in [0.15, 0.2) is 58.7 Å². The van der Waals surface area contributed by atoms with Crippen molar-refractivity contribution in [2.75, 3.05) is 0 Å². The van der Waals surface area contributed by atoms with Gasteiger partial charge in [-0.1, -0.05) is 36.4 Å². The lowest BCUT2D eigenvalue weighted by molar-refractivity contribution is -0.137. The fourth-order valence-corrected chi connectivity index (χ4v) is 3.23. The largest absolute Gasteiger partial charge is 0.417 e. The molecule has 1 aromatic carbocycles. The summed E-state index contributed by atoms with van der Waals surface area (Å²) in [4.78, 5) is 13.4. The molecule has 2 heterocycles. The van der Waals surface area contributed by atoms with E-state index >= 15 is 0 Å². The van der Waals surface area contributed by atoms with E-state index in [9.17, 15) is 18.0 Å². The van der Waals surface area contributed by atoms with Crippen molar-refractivity contribution in [3.63, 3.8) is 0 Å². The molecule has 0 bridgehead atoms. The number of aromatic nitrogens is 1. The number of pyridine rings is 1. The molecule has 126 valence electrons. The van der Waals surface area contributed by atoms with Crippen LogP contribution in [0.4, 0.5) is 13.2 Å². The standard InChI is InChI=1S/C18H11F3N2OS/c19-18(20,21)15-9-16(12-5-2-1-3-6-12)23(17(24)14(15)10-22)11-13-7-4-8-25-13/h1-9H,11H2. The summed E-state index contributed by atoms with van der Waals surface area (Å²) in [6.07, 6.45) is -4.78. The second-order valence-electron chi connectivity index (χ2n) is 5.26. The Morgan fingerprint density at radius 3 is 2.40 bits per heavy atom. The smallest absolute Gasteiger partial charge is 0.302 e. The molecule has 0 unspecified atom stereocenters. The second-order valence-corrected chi connectivity index (χ2v) is 6.30. The van der Waals surface area contributed by atoms with E-state index in [-0.39, 0.29) is 12.2 Å². The van der Waals surface area contributed by atoms with Crippen LogP contribution in [0.3, 0.4) is 0 Å². The molecule has 0 aliphatic heterocycles. The van der Waals surface area contributed by atoms with E-state index in [0.717, 1.165) is 10.9 Å². The van der Waals surface area contributed by atoms with Gasteiger partial charge in [0, 0.05) is 4.88 Å². The Morgan fingerprint density at radius 1 is 1.12 bits per heavy atom. The van der Waals surface area contributed by atoms with Gasteiger partial charge < -0.3 is 4.57 Å². The van der Waals surface area contributed by atoms with Crippen LogP contribution in [0.25, 0.3) is 11.3 Å². The highest BCUT2D eigenvalue weighted by atomic mass is 32.1. The Bertz CT molecular complexity index is 984. The maximum atomic E-state index is 13.3. The fourth-order valence-electron chi connectivity index (χ4n) is 2.54. The molecule has 3 nitrogen and oxygen atoms in total. The second kappa shape index (κ2) is 6.57. The van der Waals surface area contributed by atoms with Crippen LogP contribution >= 0.6 is 11.3 Å². The maximum Gasteiger partial charge on any atom is 0.417 e. The summed E-state index contributed by atoms with van der Waals surface area (Å²) in [5, 5.41) is 10.9. The molecule has 0 spiro atoms. The van der Waals surface area contributed by atoms with Gasteiger partial charge in [-0.05, 0) is 23.1 Å². The molecule has 0 aliphatic carbocycles. The van der Waals surface area contributed by atoms with Gasteiger partial charge in [0.05, 0.1) is 17.8 Å². The van der Waals surface area contributed by atoms with Gasteiger partial charge in [0.1, 0.15) is 11.6 Å². The predicted molar refractivity (Wildman–Crippen MR) is 89.3 cm³/mol. The van der Waals surface area contributed by atoms with Gasteiger partial charge in [-0.2, -0.15) is 18.4 Å². The number of rotatable bonds is 3. The minimum Gasteiger partial charge on any atom is -0.302 e. The van der Waals surface area contributed by atoms with E-state index < -0.39 is 22.9 Å². The zero-order valence-electron chi connectivity index (χ0n) is 12.7. The van der Waals surface area contributed by atoms with E-state index in [2.05, 4.69) is 0 Å². The lowest BCUT2D eigenvalue weighted by Crippen LogP contribution is -2.28. The normalized spacial score (nSPS) is 11.3. The number of nitriles is 1. The van der Waals surface area contributed by atoms with Crippen LogP contribution in [0, 0.1) is 11.3 Å². The third-order valence-corrected chi connectivity index (χ3v) is 4.54. The Hall–Kier alpha value is -2.85. The average Bonchev–Trinajstić information content (AvgIpc) is 3.09. The Morgan fingerprint density at radius 2 is 1.84 bits per heavy atom. The zero-order chi connectivity index (χ0) is 18.0. The lowest BCUT2D eigenvalue weighted by Gasteiger charge is -2.17. The van der Waals surface area contributed by atoms with Gasteiger partial charge in [-0.25, -0.2) is 0 Å². The molecule has 0 saturated heterocycles. The van der Waals surface area contributed by atoms with Crippen LogP contribution in [0.2, 0.25) is 0 Å². The van der Waals surface area contributed by atoms with Crippen molar-refractivity contribution in [2.45, 2.75) is 12.7 Å². The summed E-state index contributed by atoms with van der Waals surface area (Å²) in [5.74, 6) is 0. The quantitative estimate of drug-likeness (QED) is 0.690. The van der Waals surface area contributed by atoms with Gasteiger partial charge >= 0.3 is 6.18 Å². The number of hydrogen-bond donors (Lipinski definition) is 0. The van der Waals surface area contributed by atoms with Crippen molar-refractivity contribution in [1.29, 1.82) is 5.26 Å². The van der Waals surface area contributed by atoms with Gasteiger partial charge in [-0.3, -0.25) is 4.79 Å². The highest BCUT2D eigenvalue weighted by Crippen LogP contribution is 2.33. The topological polar surface area (TPSA) is 45.8 Å². The van der Waals surface area contributed by atoms with Crippen molar-refractivity contribution in [1.82, 2.24) is 4.57 Å². The van der Waals surface area contributed by atoms with E-state index in [1.165, 1.54) is 22.0 Å². The maximum absolute atomic E-state index is 13.3. The summed E-state index contributed by atoms with van der Waals surface area (Å²) in [6.45, 7) is 0.105. The minimum atomic E-state index is -4.78. The molecule has 0 radical (unpaired) electrons. The number of nitrogens with zero attached hydrogens (tertiary/aromatic N) is 2. The zero-order valence-corrected chi connectivity index (χ0v) is 13.6. The number of alkyl halides is 3. The summed E-state index contributed by atoms with van der Waals surface area (Å²) in [7, 11) is 0. The lowest BCUT2D eigenvalue weighted by atomic mass is 10.0. The molecule has 0 N–H and O–H groups in total. The van der Waals surface area contributed by atoms with Crippen LogP contribution < -0.4 is 5.56 Å². The molecule has 3 rings (SSSR count).